The van der Waals surface area contributed by atoms with Crippen LogP contribution in [0.4, 0.5) is 5.95 Å². The van der Waals surface area contributed by atoms with Gasteiger partial charge in [0.1, 0.15) is 0 Å². The summed E-state index contributed by atoms with van der Waals surface area (Å²) in [5.41, 5.74) is 9.26. The molecule has 1 spiro atoms. The quantitative estimate of drug-likeness (QED) is 0.644. The van der Waals surface area contributed by atoms with Gasteiger partial charge in [-0.3, -0.25) is 25.0 Å². The van der Waals surface area contributed by atoms with Crippen LogP contribution in [0.25, 0.3) is 11.3 Å². The molecule has 1 saturated carbocycles. The smallest absolute Gasteiger partial charge is 0.259 e. The fraction of sp³-hybridized carbons (Fsp3) is 0.593. The highest BCUT2D eigenvalue weighted by atomic mass is 16.5. The highest BCUT2D eigenvalue weighted by molar-refractivity contribution is 5.77. The van der Waals surface area contributed by atoms with E-state index in [2.05, 4.69) is 42.9 Å². The predicted octanol–water partition coefficient (Wildman–Crippen LogP) is 4.65. The lowest BCUT2D eigenvalue weighted by Crippen LogP contribution is -2.46. The molecular weight excluding hydrogens is 428 g/mol. The number of carbonyl (C=O) groups excluding carboxylic acids is 1. The van der Waals surface area contributed by atoms with Gasteiger partial charge in [0.15, 0.2) is 0 Å². The predicted molar refractivity (Wildman–Crippen MR) is 133 cm³/mol. The summed E-state index contributed by atoms with van der Waals surface area (Å²) in [6.07, 6.45) is 8.22. The lowest BCUT2D eigenvalue weighted by Gasteiger charge is -2.43. The van der Waals surface area contributed by atoms with E-state index in [9.17, 15) is 9.59 Å². The average Bonchev–Trinajstić information content (AvgIpc) is 2.82. The molecule has 0 unspecified atom stereocenters. The Morgan fingerprint density at radius 3 is 2.71 bits per heavy atom. The van der Waals surface area contributed by atoms with Crippen LogP contribution in [-0.4, -0.2) is 27.7 Å². The summed E-state index contributed by atoms with van der Waals surface area (Å²) in [5, 5.41) is 0. The van der Waals surface area contributed by atoms with Crippen molar-refractivity contribution in [1.82, 2.24) is 15.0 Å². The number of nitrogens with one attached hydrogen (secondary N) is 2. The van der Waals surface area contributed by atoms with Crippen molar-refractivity contribution < 1.29 is 9.53 Å². The number of hydrazine groups is 1. The van der Waals surface area contributed by atoms with Crippen molar-refractivity contribution in [2.75, 3.05) is 12.0 Å². The summed E-state index contributed by atoms with van der Waals surface area (Å²) in [6.45, 7) is 6.53. The number of anilines is 1. The maximum Gasteiger partial charge on any atom is 0.259 e. The zero-order valence-electron chi connectivity index (χ0n) is 20.6. The van der Waals surface area contributed by atoms with E-state index in [0.29, 0.717) is 25.4 Å². The lowest BCUT2D eigenvalue weighted by molar-refractivity contribution is -0.120. The molecule has 3 aliphatic rings. The Bertz CT molecular complexity index is 1150. The Morgan fingerprint density at radius 2 is 1.97 bits per heavy atom. The van der Waals surface area contributed by atoms with E-state index >= 15 is 0 Å². The van der Waals surface area contributed by atoms with Gasteiger partial charge in [0.2, 0.25) is 11.9 Å². The molecule has 2 N–H and O–H groups in total. The first kappa shape index (κ1) is 23.1. The molecule has 1 aromatic carbocycles. The molecule has 2 aliphatic carbocycles. The summed E-state index contributed by atoms with van der Waals surface area (Å²) in [4.78, 5) is 31.6. The standard InChI is InChI=1S/C27H36N4O3/c1-4-21(32)29-30-25-28-23-20-11-7-6-10-18(20)16-27(13-8-5-9-14-27)22(23)24(33)31(25)19-12-15-34-26(2,3)17-19/h6-7,10-11,19H,4-5,8-9,12-17H2,1-3H3,(H,28,30)(H,29,32)/t19-/m0/s1. The maximum atomic E-state index is 14.5. The normalized spacial score (nSPS) is 22.5. The molecule has 2 heterocycles. The number of aromatic nitrogens is 2. The molecule has 0 bridgehead atoms. The number of benzene rings is 1. The number of nitrogens with zero attached hydrogens (tertiary/aromatic N) is 2. The monoisotopic (exact) mass is 464 g/mol. The Labute approximate surface area is 201 Å². The lowest BCUT2D eigenvalue weighted by atomic mass is 9.62. The van der Waals surface area contributed by atoms with E-state index in [1.54, 1.807) is 6.92 Å². The fourth-order valence-electron chi connectivity index (χ4n) is 6.28. The molecule has 2 aromatic rings. The van der Waals surface area contributed by atoms with E-state index < -0.39 is 0 Å². The van der Waals surface area contributed by atoms with E-state index in [1.165, 1.54) is 12.0 Å². The molecule has 7 nitrogen and oxygen atoms in total. The number of fused-ring (bicyclic) bond motifs is 4. The van der Waals surface area contributed by atoms with Crippen LogP contribution in [-0.2, 0) is 21.4 Å². The summed E-state index contributed by atoms with van der Waals surface area (Å²) in [6, 6.07) is 8.29. The Kier molecular flexibility index (Phi) is 6.00. The zero-order chi connectivity index (χ0) is 23.9. The minimum Gasteiger partial charge on any atom is -0.375 e. The molecule has 182 valence electrons. The molecule has 0 radical (unpaired) electrons. The van der Waals surface area contributed by atoms with Crippen LogP contribution in [0, 0.1) is 0 Å². The number of amides is 1. The van der Waals surface area contributed by atoms with Crippen LogP contribution in [0.5, 0.6) is 0 Å². The van der Waals surface area contributed by atoms with Crippen LogP contribution in [0.2, 0.25) is 0 Å². The Hall–Kier alpha value is -2.67. The van der Waals surface area contributed by atoms with Crippen molar-refractivity contribution in [1.29, 1.82) is 0 Å². The third-order valence-electron chi connectivity index (χ3n) is 7.93. The van der Waals surface area contributed by atoms with Crippen LogP contribution in [0.1, 0.15) is 89.3 Å². The first-order valence-corrected chi connectivity index (χ1v) is 12.8. The number of hydrogen-bond donors (Lipinski definition) is 2. The third-order valence-corrected chi connectivity index (χ3v) is 7.93. The van der Waals surface area contributed by atoms with Crippen molar-refractivity contribution >= 4 is 11.9 Å². The number of carbonyl (C=O) groups is 1. The zero-order valence-corrected chi connectivity index (χ0v) is 20.6. The molecule has 1 aromatic heterocycles. The summed E-state index contributed by atoms with van der Waals surface area (Å²) in [5.74, 6) is 0.269. The van der Waals surface area contributed by atoms with Gasteiger partial charge in [0.05, 0.1) is 16.9 Å². The van der Waals surface area contributed by atoms with Gasteiger partial charge in [-0.25, -0.2) is 4.98 Å². The number of hydrogen-bond acceptors (Lipinski definition) is 5. The van der Waals surface area contributed by atoms with Crippen molar-refractivity contribution in [2.45, 2.75) is 95.6 Å². The van der Waals surface area contributed by atoms with E-state index in [4.69, 9.17) is 9.72 Å². The molecule has 1 atom stereocenters. The molecular formula is C27H36N4O3. The average molecular weight is 465 g/mol. The molecule has 1 aliphatic heterocycles. The van der Waals surface area contributed by atoms with Crippen LogP contribution in [0.3, 0.4) is 0 Å². The van der Waals surface area contributed by atoms with E-state index in [0.717, 1.165) is 55.3 Å². The third kappa shape index (κ3) is 4.04. The van der Waals surface area contributed by atoms with Crippen molar-refractivity contribution in [3.8, 4) is 11.3 Å². The SMILES string of the molecule is CCC(=O)NNc1nc2c(c(=O)n1[C@H]1CCOC(C)(C)C1)C1(CCCCC1)Cc1ccccc1-2. The minimum atomic E-state index is -0.322. The molecule has 2 fully saturated rings. The van der Waals surface area contributed by atoms with Gasteiger partial charge in [-0.15, -0.1) is 0 Å². The van der Waals surface area contributed by atoms with Crippen LogP contribution < -0.4 is 16.4 Å². The summed E-state index contributed by atoms with van der Waals surface area (Å²) < 4.78 is 7.78. The van der Waals surface area contributed by atoms with E-state index in [1.807, 2.05) is 10.6 Å². The van der Waals surface area contributed by atoms with Gasteiger partial charge in [0.25, 0.3) is 5.56 Å². The largest absolute Gasteiger partial charge is 0.375 e. The molecule has 7 heteroatoms. The number of ether oxygens (including phenoxy) is 1. The second kappa shape index (κ2) is 8.84. The summed E-state index contributed by atoms with van der Waals surface area (Å²) in [7, 11) is 0. The Morgan fingerprint density at radius 1 is 1.21 bits per heavy atom. The molecule has 1 saturated heterocycles. The number of rotatable bonds is 4. The van der Waals surface area contributed by atoms with Gasteiger partial charge >= 0.3 is 0 Å². The van der Waals surface area contributed by atoms with Crippen molar-refractivity contribution in [2.24, 2.45) is 0 Å². The first-order chi connectivity index (χ1) is 16.3. The first-order valence-electron chi connectivity index (χ1n) is 12.8. The minimum absolute atomic E-state index is 0.0392. The molecule has 34 heavy (non-hydrogen) atoms. The topological polar surface area (TPSA) is 85.3 Å². The Balaban J connectivity index is 1.72. The van der Waals surface area contributed by atoms with Crippen molar-refractivity contribution in [3.05, 3.63) is 45.7 Å². The second-order valence-corrected chi connectivity index (χ2v) is 10.8. The van der Waals surface area contributed by atoms with Gasteiger partial charge in [-0.1, -0.05) is 50.5 Å². The van der Waals surface area contributed by atoms with Crippen LogP contribution >= 0.6 is 0 Å². The van der Waals surface area contributed by atoms with Gasteiger partial charge in [-0.2, -0.15) is 0 Å². The van der Waals surface area contributed by atoms with Gasteiger partial charge in [0, 0.05) is 30.0 Å². The maximum absolute atomic E-state index is 14.5. The fourth-order valence-corrected chi connectivity index (χ4v) is 6.28. The molecule has 5 rings (SSSR count). The summed E-state index contributed by atoms with van der Waals surface area (Å²) >= 11 is 0. The van der Waals surface area contributed by atoms with E-state index in [-0.39, 0.29) is 28.5 Å². The van der Waals surface area contributed by atoms with Gasteiger partial charge in [-0.05, 0) is 51.5 Å². The highest BCUT2D eigenvalue weighted by Gasteiger charge is 2.44. The highest BCUT2D eigenvalue weighted by Crippen LogP contribution is 2.49. The van der Waals surface area contributed by atoms with Gasteiger partial charge < -0.3 is 4.74 Å². The second-order valence-electron chi connectivity index (χ2n) is 10.8. The van der Waals surface area contributed by atoms with Crippen molar-refractivity contribution in [3.63, 3.8) is 0 Å². The molecule has 1 amide bonds. The van der Waals surface area contributed by atoms with Crippen LogP contribution in [0.15, 0.2) is 29.1 Å².